The normalized spacial score (nSPS) is 9.96. The maximum absolute atomic E-state index is 12.5. The van der Waals surface area contributed by atoms with Gasteiger partial charge in [0.1, 0.15) is 11.5 Å². The molecule has 0 radical (unpaired) electrons. The van der Waals surface area contributed by atoms with Gasteiger partial charge in [0.15, 0.2) is 11.5 Å². The molecule has 0 saturated carbocycles. The van der Waals surface area contributed by atoms with Crippen molar-refractivity contribution < 1.29 is 24.2 Å². The van der Waals surface area contributed by atoms with Gasteiger partial charge in [0.25, 0.3) is 0 Å². The van der Waals surface area contributed by atoms with Crippen LogP contribution in [0.1, 0.15) is 22.8 Å². The molecule has 0 fully saturated rings. The lowest BCUT2D eigenvalue weighted by Gasteiger charge is -2.11. The summed E-state index contributed by atoms with van der Waals surface area (Å²) in [5.74, 6) is -1.41. The second kappa shape index (κ2) is 7.26. The highest BCUT2D eigenvalue weighted by molar-refractivity contribution is 6.10. The average molecular weight is 312 g/mol. The summed E-state index contributed by atoms with van der Waals surface area (Å²) in [6.45, 7) is 5.22. The molecular weight excluding hydrogens is 296 g/mol. The quantitative estimate of drug-likeness (QED) is 0.291. The minimum atomic E-state index is -0.963. The predicted molar refractivity (Wildman–Crippen MR) is 84.9 cm³/mol. The van der Waals surface area contributed by atoms with Crippen LogP contribution in [0, 0.1) is 0 Å². The van der Waals surface area contributed by atoms with E-state index in [4.69, 9.17) is 14.6 Å². The predicted octanol–water partition coefficient (Wildman–Crippen LogP) is 3.29. The van der Waals surface area contributed by atoms with Crippen LogP contribution in [-0.4, -0.2) is 23.5 Å². The lowest BCUT2D eigenvalue weighted by Crippen LogP contribution is -2.11. The first-order valence-corrected chi connectivity index (χ1v) is 6.99. The molecule has 0 amide bonds. The highest BCUT2D eigenvalue weighted by Gasteiger charge is 2.17. The van der Waals surface area contributed by atoms with E-state index in [9.17, 15) is 9.59 Å². The molecule has 0 aliphatic heterocycles. The van der Waals surface area contributed by atoms with Crippen LogP contribution in [0.4, 0.5) is 0 Å². The van der Waals surface area contributed by atoms with Crippen LogP contribution in [-0.2, 0) is 4.79 Å². The minimum absolute atomic E-state index is 0.151. The second-order valence-corrected chi connectivity index (χ2v) is 4.62. The van der Waals surface area contributed by atoms with Crippen molar-refractivity contribution in [3.05, 3.63) is 72.0 Å². The number of ketones is 1. The molecule has 1 N–H and O–H groups in total. The average Bonchev–Trinajstić information content (AvgIpc) is 2.55. The van der Waals surface area contributed by atoms with Gasteiger partial charge in [-0.05, 0) is 25.6 Å². The molecule has 23 heavy (non-hydrogen) atoms. The van der Waals surface area contributed by atoms with Crippen molar-refractivity contribution in [2.24, 2.45) is 0 Å². The van der Waals surface area contributed by atoms with Crippen LogP contribution < -0.4 is 9.47 Å². The third-order valence-electron chi connectivity index (χ3n) is 2.98. The SMILES string of the molecule is C=C(O)C(=O)Oc1ccc(C(=O)c2ccccc2)c(OCC)c1. The molecule has 5 heteroatoms. The lowest BCUT2D eigenvalue weighted by atomic mass is 10.0. The molecule has 2 aromatic carbocycles. The Morgan fingerprint density at radius 2 is 1.83 bits per heavy atom. The third kappa shape index (κ3) is 3.97. The van der Waals surface area contributed by atoms with E-state index in [0.717, 1.165) is 0 Å². The van der Waals surface area contributed by atoms with Crippen molar-refractivity contribution in [3.8, 4) is 11.5 Å². The van der Waals surface area contributed by atoms with Crippen LogP contribution in [0.25, 0.3) is 0 Å². The summed E-state index contributed by atoms with van der Waals surface area (Å²) >= 11 is 0. The number of esters is 1. The first-order valence-electron chi connectivity index (χ1n) is 6.99. The van der Waals surface area contributed by atoms with Crippen molar-refractivity contribution in [3.63, 3.8) is 0 Å². The van der Waals surface area contributed by atoms with Crippen LogP contribution in [0.5, 0.6) is 11.5 Å². The van der Waals surface area contributed by atoms with Gasteiger partial charge in [-0.1, -0.05) is 30.3 Å². The molecule has 0 bridgehead atoms. The van der Waals surface area contributed by atoms with Crippen LogP contribution in [0.2, 0.25) is 0 Å². The Bertz CT molecular complexity index is 734. The van der Waals surface area contributed by atoms with Crippen molar-refractivity contribution >= 4 is 11.8 Å². The standard InChI is InChI=1S/C18H16O5/c1-3-22-16-11-14(23-18(21)12(2)19)9-10-15(16)17(20)13-7-5-4-6-8-13/h4-11,19H,2-3H2,1H3. The molecule has 0 atom stereocenters. The minimum Gasteiger partial charge on any atom is -0.502 e. The summed E-state index contributed by atoms with van der Waals surface area (Å²) in [6.07, 6.45) is 0. The molecule has 5 nitrogen and oxygen atoms in total. The number of ether oxygens (including phenoxy) is 2. The maximum Gasteiger partial charge on any atom is 0.378 e. The van der Waals surface area contributed by atoms with Crippen molar-refractivity contribution in [2.45, 2.75) is 6.92 Å². The zero-order chi connectivity index (χ0) is 16.8. The van der Waals surface area contributed by atoms with Gasteiger partial charge >= 0.3 is 5.97 Å². The molecule has 2 aromatic rings. The van der Waals surface area contributed by atoms with Gasteiger partial charge in [0.2, 0.25) is 0 Å². The Labute approximate surface area is 133 Å². The molecule has 0 heterocycles. The van der Waals surface area contributed by atoms with Gasteiger partial charge in [-0.3, -0.25) is 4.79 Å². The van der Waals surface area contributed by atoms with E-state index in [-0.39, 0.29) is 11.5 Å². The summed E-state index contributed by atoms with van der Waals surface area (Å²) in [7, 11) is 0. The summed E-state index contributed by atoms with van der Waals surface area (Å²) in [6, 6.07) is 13.2. The fraction of sp³-hybridized carbons (Fsp3) is 0.111. The van der Waals surface area contributed by atoms with Crippen LogP contribution in [0.15, 0.2) is 60.9 Å². The Kier molecular flexibility index (Phi) is 5.15. The van der Waals surface area contributed by atoms with Crippen molar-refractivity contribution in [2.75, 3.05) is 6.61 Å². The van der Waals surface area contributed by atoms with Gasteiger partial charge in [0, 0.05) is 11.6 Å². The van der Waals surface area contributed by atoms with Gasteiger partial charge in [-0.15, -0.1) is 0 Å². The maximum atomic E-state index is 12.5. The molecule has 118 valence electrons. The van der Waals surface area contributed by atoms with Crippen LogP contribution in [0.3, 0.4) is 0 Å². The number of carbonyl (C=O) groups excluding carboxylic acids is 2. The molecule has 0 saturated heterocycles. The monoisotopic (exact) mass is 312 g/mol. The summed E-state index contributed by atoms with van der Waals surface area (Å²) in [5, 5.41) is 8.99. The van der Waals surface area contributed by atoms with E-state index < -0.39 is 11.7 Å². The third-order valence-corrected chi connectivity index (χ3v) is 2.98. The molecule has 0 aliphatic rings. The highest BCUT2D eigenvalue weighted by atomic mass is 16.5. The molecule has 0 aliphatic carbocycles. The number of carbonyl (C=O) groups is 2. The summed E-state index contributed by atoms with van der Waals surface area (Å²) < 4.78 is 10.4. The number of benzene rings is 2. The fourth-order valence-electron chi connectivity index (χ4n) is 1.94. The number of rotatable bonds is 6. The molecule has 0 unspecified atom stereocenters. The van der Waals surface area contributed by atoms with Gasteiger partial charge in [0.05, 0.1) is 12.2 Å². The summed E-state index contributed by atoms with van der Waals surface area (Å²) in [4.78, 5) is 23.9. The van der Waals surface area contributed by atoms with Gasteiger partial charge in [-0.2, -0.15) is 0 Å². The topological polar surface area (TPSA) is 72.8 Å². The Morgan fingerprint density at radius 1 is 1.13 bits per heavy atom. The lowest BCUT2D eigenvalue weighted by molar-refractivity contribution is -0.132. The first kappa shape index (κ1) is 16.3. The van der Waals surface area contributed by atoms with Gasteiger partial charge in [-0.25, -0.2) is 4.79 Å². The molecule has 0 spiro atoms. The molecular formula is C18H16O5. The number of hydrogen-bond acceptors (Lipinski definition) is 5. The number of hydrogen-bond donors (Lipinski definition) is 1. The largest absolute Gasteiger partial charge is 0.502 e. The number of aliphatic hydroxyl groups excluding tert-OH is 1. The fourth-order valence-corrected chi connectivity index (χ4v) is 1.94. The zero-order valence-corrected chi connectivity index (χ0v) is 12.6. The van der Waals surface area contributed by atoms with Crippen molar-refractivity contribution in [1.82, 2.24) is 0 Å². The van der Waals surface area contributed by atoms with E-state index in [2.05, 4.69) is 6.58 Å². The smallest absolute Gasteiger partial charge is 0.378 e. The molecule has 2 rings (SSSR count). The van der Waals surface area contributed by atoms with Gasteiger partial charge < -0.3 is 14.6 Å². The Morgan fingerprint density at radius 3 is 2.43 bits per heavy atom. The Hall–Kier alpha value is -3.08. The van der Waals surface area contributed by atoms with E-state index >= 15 is 0 Å². The molecule has 0 aromatic heterocycles. The van der Waals surface area contributed by atoms with E-state index in [1.165, 1.54) is 18.2 Å². The van der Waals surface area contributed by atoms with Crippen molar-refractivity contribution in [1.29, 1.82) is 0 Å². The van der Waals surface area contributed by atoms with E-state index in [1.807, 2.05) is 6.07 Å². The Balaban J connectivity index is 2.35. The second-order valence-electron chi connectivity index (χ2n) is 4.62. The van der Waals surface area contributed by atoms with E-state index in [0.29, 0.717) is 23.5 Å². The number of aliphatic hydroxyl groups is 1. The zero-order valence-electron chi connectivity index (χ0n) is 12.6. The van der Waals surface area contributed by atoms with Crippen LogP contribution >= 0.6 is 0 Å². The first-order chi connectivity index (χ1) is 11.0. The highest BCUT2D eigenvalue weighted by Crippen LogP contribution is 2.27. The van der Waals surface area contributed by atoms with E-state index in [1.54, 1.807) is 31.2 Å². The summed E-state index contributed by atoms with van der Waals surface area (Å²) in [5.41, 5.74) is 0.891.